The van der Waals surface area contributed by atoms with Gasteiger partial charge in [0.2, 0.25) is 11.9 Å². The predicted octanol–water partition coefficient (Wildman–Crippen LogP) is 10.2. The van der Waals surface area contributed by atoms with Gasteiger partial charge in [-0.1, -0.05) is 26.2 Å². The lowest BCUT2D eigenvalue weighted by atomic mass is 9.83. The first-order chi connectivity index (χ1) is 31.6. The molecule has 0 bridgehead atoms. The molecule has 16 nitrogen and oxygen atoms in total. The summed E-state index contributed by atoms with van der Waals surface area (Å²) in [6.07, 6.45) is 17.9. The van der Waals surface area contributed by atoms with E-state index in [-0.39, 0.29) is 0 Å². The number of fused-ring (bicyclic) bond motifs is 2. The molecule has 8 aromatic rings. The fourth-order valence-corrected chi connectivity index (χ4v) is 8.20. The zero-order valence-electron chi connectivity index (χ0n) is 38.3. The Balaban J connectivity index is 0.000000158. The summed E-state index contributed by atoms with van der Waals surface area (Å²) in [7, 11) is 9.06. The number of H-pyrrole nitrogens is 1. The summed E-state index contributed by atoms with van der Waals surface area (Å²) in [6.45, 7) is 6.17. The first-order valence-electron chi connectivity index (χ1n) is 21.6. The lowest BCUT2D eigenvalue weighted by Crippen LogP contribution is -2.35. The van der Waals surface area contributed by atoms with E-state index in [4.69, 9.17) is 9.47 Å². The molecule has 6 heterocycles. The Morgan fingerprint density at radius 1 is 0.708 bits per heavy atom. The highest BCUT2D eigenvalue weighted by molar-refractivity contribution is 14.1. The van der Waals surface area contributed by atoms with Crippen LogP contribution in [0.25, 0.3) is 27.5 Å². The number of hydrogen-bond acceptors (Lipinski definition) is 14. The molecular formula is C48H59IN14O2. The average molecular weight is 991 g/mol. The summed E-state index contributed by atoms with van der Waals surface area (Å²) < 4.78 is 13.6. The smallest absolute Gasteiger partial charge is 0.229 e. The van der Waals surface area contributed by atoms with E-state index >= 15 is 0 Å². The molecule has 0 amide bonds. The molecule has 0 unspecified atom stereocenters. The molecule has 0 spiro atoms. The number of rotatable bonds is 11. The second-order valence-electron chi connectivity index (χ2n) is 15.2. The van der Waals surface area contributed by atoms with Gasteiger partial charge in [0.15, 0.2) is 0 Å². The van der Waals surface area contributed by atoms with Crippen molar-refractivity contribution >= 4 is 79.3 Å². The van der Waals surface area contributed by atoms with E-state index in [0.29, 0.717) is 17.6 Å². The van der Waals surface area contributed by atoms with E-state index in [0.717, 1.165) is 77.8 Å². The average Bonchev–Trinajstić information content (AvgIpc) is 4.00. The molecule has 6 aromatic heterocycles. The van der Waals surface area contributed by atoms with Gasteiger partial charge in [0.05, 0.1) is 47.4 Å². The third kappa shape index (κ3) is 13.2. The first kappa shape index (κ1) is 47.9. The van der Waals surface area contributed by atoms with Gasteiger partial charge in [0.1, 0.15) is 28.8 Å². The van der Waals surface area contributed by atoms with Crippen LogP contribution in [0.5, 0.6) is 11.5 Å². The minimum atomic E-state index is 0.516. The van der Waals surface area contributed by atoms with Crippen molar-refractivity contribution in [3.63, 3.8) is 0 Å². The maximum atomic E-state index is 5.53. The van der Waals surface area contributed by atoms with Gasteiger partial charge >= 0.3 is 0 Å². The fraction of sp³-hybridized carbons (Fsp3) is 0.312. The number of ether oxygens (including phenoxy) is 2. The van der Waals surface area contributed by atoms with Crippen molar-refractivity contribution in [2.75, 3.05) is 56.6 Å². The van der Waals surface area contributed by atoms with Crippen molar-refractivity contribution < 1.29 is 9.47 Å². The van der Waals surface area contributed by atoms with E-state index in [1.54, 1.807) is 39.0 Å². The number of hydrogen-bond donors (Lipinski definition) is 6. The van der Waals surface area contributed by atoms with Crippen LogP contribution < -0.4 is 36.1 Å². The molecule has 2 aromatic carbocycles. The highest BCUT2D eigenvalue weighted by Crippen LogP contribution is 2.31. The van der Waals surface area contributed by atoms with Crippen LogP contribution >= 0.6 is 22.6 Å². The number of anilines is 6. The molecule has 17 heteroatoms. The molecule has 2 atom stereocenters. The largest absolute Gasteiger partial charge is 0.496 e. The minimum Gasteiger partial charge on any atom is -0.496 e. The number of aryl methyl sites for hydroxylation is 2. The number of halogens is 1. The second kappa shape index (κ2) is 23.9. The topological polar surface area (TPSA) is 190 Å². The van der Waals surface area contributed by atoms with Crippen molar-refractivity contribution in [3.8, 4) is 17.2 Å². The normalized spacial score (nSPS) is 14.1. The summed E-state index contributed by atoms with van der Waals surface area (Å²) in [5.41, 5.74) is 6.32. The van der Waals surface area contributed by atoms with Crippen LogP contribution in [0.15, 0.2) is 104 Å². The highest BCUT2D eigenvalue weighted by atomic mass is 127. The van der Waals surface area contributed by atoms with Crippen LogP contribution in [0, 0.1) is 23.3 Å². The molecule has 65 heavy (non-hydrogen) atoms. The molecule has 0 aliphatic heterocycles. The lowest BCUT2D eigenvalue weighted by Gasteiger charge is -2.30. The molecule has 6 N–H and O–H groups in total. The maximum Gasteiger partial charge on any atom is 0.229 e. The Morgan fingerprint density at radius 3 is 1.91 bits per heavy atom. The maximum absolute atomic E-state index is 5.53. The van der Waals surface area contributed by atoms with Gasteiger partial charge < -0.3 is 41.0 Å². The Bertz CT molecular complexity index is 2700. The third-order valence-electron chi connectivity index (χ3n) is 10.8. The molecule has 0 saturated heterocycles. The molecule has 0 radical (unpaired) electrons. The van der Waals surface area contributed by atoms with Gasteiger partial charge in [-0.25, -0.2) is 14.6 Å². The van der Waals surface area contributed by atoms with Crippen molar-refractivity contribution in [1.29, 1.82) is 0 Å². The van der Waals surface area contributed by atoms with Gasteiger partial charge in [-0.3, -0.25) is 9.97 Å². The number of aromatic amines is 1. The monoisotopic (exact) mass is 990 g/mol. The van der Waals surface area contributed by atoms with Crippen LogP contribution in [0.2, 0.25) is 0 Å². The lowest BCUT2D eigenvalue weighted by molar-refractivity contribution is 0.267. The molecule has 9 rings (SSSR count). The molecule has 1 aliphatic carbocycles. The van der Waals surface area contributed by atoms with E-state index in [2.05, 4.69) is 103 Å². The van der Waals surface area contributed by atoms with Crippen molar-refractivity contribution in [2.24, 2.45) is 5.92 Å². The van der Waals surface area contributed by atoms with Gasteiger partial charge in [0, 0.05) is 84.4 Å². The van der Waals surface area contributed by atoms with Crippen LogP contribution in [0.4, 0.5) is 34.9 Å². The van der Waals surface area contributed by atoms with E-state index in [9.17, 15) is 0 Å². The van der Waals surface area contributed by atoms with Crippen LogP contribution in [0.1, 0.15) is 50.4 Å². The van der Waals surface area contributed by atoms with Gasteiger partial charge in [-0.15, -0.1) is 0 Å². The number of methoxy groups -OCH3 is 2. The Morgan fingerprint density at radius 2 is 1.32 bits per heavy atom. The minimum absolute atomic E-state index is 0.516. The summed E-state index contributed by atoms with van der Waals surface area (Å²) in [5, 5.41) is 22.6. The third-order valence-corrected chi connectivity index (χ3v) is 11.7. The molecule has 1 saturated carbocycles. The van der Waals surface area contributed by atoms with Gasteiger partial charge in [-0.2, -0.15) is 15.1 Å². The van der Waals surface area contributed by atoms with Crippen LogP contribution in [0.3, 0.4) is 0 Å². The molecule has 340 valence electrons. The van der Waals surface area contributed by atoms with Gasteiger partial charge in [-0.05, 0) is 117 Å². The Kier molecular flexibility index (Phi) is 17.6. The quantitative estimate of drug-likeness (QED) is 0.0672. The predicted molar refractivity (Wildman–Crippen MR) is 272 cm³/mol. The zero-order chi connectivity index (χ0) is 46.1. The number of pyridine rings is 2. The van der Waals surface area contributed by atoms with Crippen LogP contribution in [-0.4, -0.2) is 86.1 Å². The number of aromatic nitrogens is 9. The van der Waals surface area contributed by atoms with Crippen molar-refractivity contribution in [1.82, 2.24) is 50.0 Å². The SMILES string of the molecule is CC[C@H]1CCCC[C@@H]1NC.CNc1cc(C)nc(Nc2ccc(OC)c(-n3ncc4ccncc43)c2)n1.CNc1cc(C)nc(Nc2ccc(OC)c(I)c2)n1.c1cc2cc[nH]c2cn1. The van der Waals surface area contributed by atoms with Crippen LogP contribution in [-0.2, 0) is 0 Å². The fourth-order valence-electron chi connectivity index (χ4n) is 7.47. The molecule has 1 aliphatic rings. The number of benzene rings is 2. The summed E-state index contributed by atoms with van der Waals surface area (Å²) in [6, 6.07) is 22.1. The van der Waals surface area contributed by atoms with E-state index in [1.807, 2.05) is 112 Å². The first-order valence-corrected chi connectivity index (χ1v) is 22.7. The van der Waals surface area contributed by atoms with E-state index in [1.165, 1.54) is 37.5 Å². The van der Waals surface area contributed by atoms with E-state index < -0.39 is 0 Å². The highest BCUT2D eigenvalue weighted by Gasteiger charge is 2.21. The number of nitrogens with zero attached hydrogens (tertiary/aromatic N) is 8. The second-order valence-corrected chi connectivity index (χ2v) is 16.4. The summed E-state index contributed by atoms with van der Waals surface area (Å²) >= 11 is 2.23. The molecular weight excluding hydrogens is 932 g/mol. The number of nitrogens with one attached hydrogen (secondary N) is 6. The van der Waals surface area contributed by atoms with Crippen molar-refractivity contribution in [2.45, 2.75) is 58.9 Å². The molecule has 1 fully saturated rings. The standard InChI is InChI=1S/C19H19N7O.C13H15IN4O.C9H19N.C7H6N2/c1-12-8-18(20-2)25-19(23-12)24-14-4-5-17(27-3)15(9-14)26-16-11-21-7-6-13(16)10-22-26;1-8-6-12(15-2)18-13(16-8)17-9-4-5-11(19-3)10(14)7-9;1-3-8-6-4-5-7-9(8)10-2;1-3-8-5-7-6(1)2-4-9-7/h4-11H,1-3H3,(H2,20,23,24,25);4-7H,1-3H3,(H2,15,16,17,18);8-10H,3-7H2,1-2H3;1-5,9H/t;;8-,9-;/m..0./s1. The van der Waals surface area contributed by atoms with Crippen molar-refractivity contribution in [3.05, 3.63) is 119 Å². The summed E-state index contributed by atoms with van der Waals surface area (Å²) in [5.74, 6) is 5.15. The van der Waals surface area contributed by atoms with Gasteiger partial charge in [0.25, 0.3) is 0 Å². The Hall–Kier alpha value is -6.60. The summed E-state index contributed by atoms with van der Waals surface area (Å²) in [4.78, 5) is 28.8. The zero-order valence-corrected chi connectivity index (χ0v) is 40.4. The Labute approximate surface area is 394 Å².